The smallest absolute Gasteiger partial charge is 0.303 e. The van der Waals surface area contributed by atoms with Gasteiger partial charge >= 0.3 is 5.97 Å². The average molecular weight is 444 g/mol. The van der Waals surface area contributed by atoms with Crippen LogP contribution >= 0.6 is 0 Å². The Labute approximate surface area is 195 Å². The van der Waals surface area contributed by atoms with Crippen LogP contribution in [-0.4, -0.2) is 42.2 Å². The third kappa shape index (κ3) is 6.97. The van der Waals surface area contributed by atoms with Crippen molar-refractivity contribution in [1.29, 1.82) is 0 Å². The van der Waals surface area contributed by atoms with Gasteiger partial charge in [0.25, 0.3) is 0 Å². The molecule has 0 spiro atoms. The van der Waals surface area contributed by atoms with Gasteiger partial charge in [0.15, 0.2) is 0 Å². The largest absolute Gasteiger partial charge is 0.496 e. The molecule has 2 fully saturated rings. The lowest BCUT2D eigenvalue weighted by molar-refractivity contribution is -0.138. The van der Waals surface area contributed by atoms with E-state index in [9.17, 15) is 9.90 Å². The van der Waals surface area contributed by atoms with Gasteiger partial charge in [-0.05, 0) is 67.5 Å². The van der Waals surface area contributed by atoms with E-state index in [1.807, 2.05) is 12.1 Å². The number of para-hydroxylation sites is 1. The molecule has 2 aliphatic carbocycles. The fourth-order valence-electron chi connectivity index (χ4n) is 6.10. The van der Waals surface area contributed by atoms with Crippen molar-refractivity contribution in [3.63, 3.8) is 0 Å². The number of rotatable bonds is 9. The quantitative estimate of drug-likeness (QED) is 0.459. The summed E-state index contributed by atoms with van der Waals surface area (Å²) in [7, 11) is 1.74. The molecule has 0 heterocycles. The molecule has 0 amide bonds. The molecule has 4 nitrogen and oxygen atoms in total. The van der Waals surface area contributed by atoms with Crippen LogP contribution in [0.5, 0.6) is 5.75 Å². The SMILES string of the molecule is COc1ccccc1C1C(CC(=O)O)CCCC1N(CCC(C)(C)C)CC1CCCCC1. The van der Waals surface area contributed by atoms with Gasteiger partial charge < -0.3 is 9.84 Å². The van der Waals surface area contributed by atoms with Crippen LogP contribution in [0, 0.1) is 17.3 Å². The monoisotopic (exact) mass is 443 g/mol. The summed E-state index contributed by atoms with van der Waals surface area (Å²) in [5.41, 5.74) is 1.50. The van der Waals surface area contributed by atoms with E-state index in [1.54, 1.807) is 7.11 Å². The van der Waals surface area contributed by atoms with Crippen LogP contribution in [0.15, 0.2) is 24.3 Å². The number of aliphatic carboxylic acids is 1. The molecule has 3 atom stereocenters. The molecule has 1 aromatic rings. The van der Waals surface area contributed by atoms with Gasteiger partial charge in [-0.15, -0.1) is 0 Å². The number of carboxylic acids is 1. The zero-order valence-electron chi connectivity index (χ0n) is 20.8. The summed E-state index contributed by atoms with van der Waals surface area (Å²) in [6.07, 6.45) is 11.5. The highest BCUT2D eigenvalue weighted by Gasteiger charge is 2.40. The first-order chi connectivity index (χ1) is 15.3. The zero-order valence-corrected chi connectivity index (χ0v) is 20.8. The Balaban J connectivity index is 1.94. The van der Waals surface area contributed by atoms with E-state index < -0.39 is 5.97 Å². The normalized spacial score (nSPS) is 25.1. The predicted octanol–water partition coefficient (Wildman–Crippen LogP) is 6.74. The zero-order chi connectivity index (χ0) is 23.1. The van der Waals surface area contributed by atoms with E-state index in [1.165, 1.54) is 44.1 Å². The summed E-state index contributed by atoms with van der Waals surface area (Å²) in [6.45, 7) is 9.25. The topological polar surface area (TPSA) is 49.8 Å². The standard InChI is InChI=1S/C28H45NO3/c1-28(2,3)17-18-29(20-21-11-6-5-7-12-21)24-15-10-13-22(19-26(30)31)27(24)23-14-8-9-16-25(23)32-4/h8-9,14,16,21-22,24,27H,5-7,10-13,15,17-20H2,1-4H3,(H,30,31). The minimum absolute atomic E-state index is 0.158. The molecule has 0 bridgehead atoms. The van der Waals surface area contributed by atoms with E-state index in [-0.39, 0.29) is 18.3 Å². The Hall–Kier alpha value is -1.55. The van der Waals surface area contributed by atoms with Crippen LogP contribution in [0.1, 0.15) is 96.5 Å². The molecule has 1 N–H and O–H groups in total. The molecule has 32 heavy (non-hydrogen) atoms. The summed E-state index contributed by atoms with van der Waals surface area (Å²) in [6, 6.07) is 8.71. The molecular formula is C28H45NO3. The highest BCUT2D eigenvalue weighted by atomic mass is 16.5. The van der Waals surface area contributed by atoms with Crippen molar-refractivity contribution >= 4 is 5.97 Å². The molecule has 180 valence electrons. The second-order valence-corrected chi connectivity index (χ2v) is 11.4. The number of methoxy groups -OCH3 is 1. The van der Waals surface area contributed by atoms with Crippen LogP contribution in [0.3, 0.4) is 0 Å². The molecule has 3 unspecified atom stereocenters. The predicted molar refractivity (Wildman–Crippen MR) is 131 cm³/mol. The van der Waals surface area contributed by atoms with Crippen molar-refractivity contribution in [3.8, 4) is 5.75 Å². The number of benzene rings is 1. The molecule has 2 saturated carbocycles. The summed E-state index contributed by atoms with van der Waals surface area (Å²) in [5.74, 6) is 1.38. The Morgan fingerprint density at radius 3 is 2.44 bits per heavy atom. The lowest BCUT2D eigenvalue weighted by atomic mass is 9.69. The molecule has 0 saturated heterocycles. The maximum Gasteiger partial charge on any atom is 0.303 e. The van der Waals surface area contributed by atoms with Crippen LogP contribution in [-0.2, 0) is 4.79 Å². The van der Waals surface area contributed by atoms with Crippen molar-refractivity contribution in [2.75, 3.05) is 20.2 Å². The minimum atomic E-state index is -0.677. The lowest BCUT2D eigenvalue weighted by Crippen LogP contribution is -2.48. The van der Waals surface area contributed by atoms with Crippen molar-refractivity contribution < 1.29 is 14.6 Å². The van der Waals surface area contributed by atoms with Gasteiger partial charge in [-0.25, -0.2) is 0 Å². The Bertz CT molecular complexity index is 720. The second-order valence-electron chi connectivity index (χ2n) is 11.4. The fraction of sp³-hybridized carbons (Fsp3) is 0.750. The van der Waals surface area contributed by atoms with Crippen LogP contribution in [0.2, 0.25) is 0 Å². The molecular weight excluding hydrogens is 398 g/mol. The van der Waals surface area contributed by atoms with Crippen molar-refractivity contribution in [2.45, 2.75) is 96.9 Å². The number of hydrogen-bond acceptors (Lipinski definition) is 3. The molecule has 0 radical (unpaired) electrons. The number of carbonyl (C=O) groups is 1. The van der Waals surface area contributed by atoms with Gasteiger partial charge in [-0.1, -0.05) is 64.7 Å². The number of ether oxygens (including phenoxy) is 1. The molecule has 3 rings (SSSR count). The molecule has 0 aliphatic heterocycles. The molecule has 1 aromatic carbocycles. The second kappa shape index (κ2) is 11.5. The number of nitrogens with zero attached hydrogens (tertiary/aromatic N) is 1. The maximum atomic E-state index is 11.8. The van der Waals surface area contributed by atoms with Crippen LogP contribution in [0.4, 0.5) is 0 Å². The fourth-order valence-corrected chi connectivity index (χ4v) is 6.10. The van der Waals surface area contributed by atoms with Gasteiger partial charge in [0.1, 0.15) is 5.75 Å². The van der Waals surface area contributed by atoms with Gasteiger partial charge in [0, 0.05) is 24.9 Å². The first-order valence-corrected chi connectivity index (χ1v) is 12.9. The lowest BCUT2D eigenvalue weighted by Gasteiger charge is -2.46. The highest BCUT2D eigenvalue weighted by Crippen LogP contribution is 2.46. The first kappa shape index (κ1) is 25.1. The van der Waals surface area contributed by atoms with Crippen LogP contribution < -0.4 is 4.74 Å². The van der Waals surface area contributed by atoms with E-state index in [0.717, 1.165) is 44.0 Å². The minimum Gasteiger partial charge on any atom is -0.496 e. The van der Waals surface area contributed by atoms with E-state index in [2.05, 4.69) is 37.8 Å². The van der Waals surface area contributed by atoms with Crippen molar-refractivity contribution in [1.82, 2.24) is 4.90 Å². The van der Waals surface area contributed by atoms with E-state index >= 15 is 0 Å². The number of hydrogen-bond donors (Lipinski definition) is 1. The van der Waals surface area contributed by atoms with Gasteiger partial charge in [-0.2, -0.15) is 0 Å². The van der Waals surface area contributed by atoms with E-state index in [0.29, 0.717) is 11.5 Å². The highest BCUT2D eigenvalue weighted by molar-refractivity contribution is 5.67. The van der Waals surface area contributed by atoms with Crippen molar-refractivity contribution in [2.24, 2.45) is 17.3 Å². The first-order valence-electron chi connectivity index (χ1n) is 12.9. The average Bonchev–Trinajstić information content (AvgIpc) is 2.76. The van der Waals surface area contributed by atoms with Crippen LogP contribution in [0.25, 0.3) is 0 Å². The maximum absolute atomic E-state index is 11.8. The number of carboxylic acid groups (broad SMARTS) is 1. The van der Waals surface area contributed by atoms with Gasteiger partial charge in [-0.3, -0.25) is 9.69 Å². The Morgan fingerprint density at radius 2 is 1.78 bits per heavy atom. The van der Waals surface area contributed by atoms with E-state index in [4.69, 9.17) is 4.74 Å². The summed E-state index contributed by atoms with van der Waals surface area (Å²) >= 11 is 0. The van der Waals surface area contributed by atoms with Gasteiger partial charge in [0.05, 0.1) is 7.11 Å². The Kier molecular flexibility index (Phi) is 9.04. The van der Waals surface area contributed by atoms with Crippen molar-refractivity contribution in [3.05, 3.63) is 29.8 Å². The molecule has 0 aromatic heterocycles. The summed E-state index contributed by atoms with van der Waals surface area (Å²) in [5, 5.41) is 9.71. The third-order valence-corrected chi connectivity index (χ3v) is 7.77. The molecule has 4 heteroatoms. The Morgan fingerprint density at radius 1 is 1.06 bits per heavy atom. The summed E-state index contributed by atoms with van der Waals surface area (Å²) in [4.78, 5) is 14.6. The molecule has 2 aliphatic rings. The third-order valence-electron chi connectivity index (χ3n) is 7.77. The van der Waals surface area contributed by atoms with Gasteiger partial charge in [0.2, 0.25) is 0 Å². The summed E-state index contributed by atoms with van der Waals surface area (Å²) < 4.78 is 5.78.